The topological polar surface area (TPSA) is 66.5 Å². The van der Waals surface area contributed by atoms with E-state index in [0.717, 1.165) is 11.4 Å². The highest BCUT2D eigenvalue weighted by molar-refractivity contribution is 5.39. The normalized spacial score (nSPS) is 11.3. The molecule has 0 aliphatic rings. The number of benzene rings is 1. The second-order valence-electron chi connectivity index (χ2n) is 5.40. The van der Waals surface area contributed by atoms with Crippen LogP contribution in [0.15, 0.2) is 30.5 Å². The van der Waals surface area contributed by atoms with Crippen LogP contribution in [0.5, 0.6) is 0 Å². The van der Waals surface area contributed by atoms with Crippen molar-refractivity contribution in [2.24, 2.45) is 0 Å². The first-order valence-corrected chi connectivity index (χ1v) is 6.15. The van der Waals surface area contributed by atoms with Crippen molar-refractivity contribution < 1.29 is 0 Å². The van der Waals surface area contributed by atoms with Crippen LogP contribution in [0.4, 0.5) is 0 Å². The molecule has 5 nitrogen and oxygen atoms in total. The lowest BCUT2D eigenvalue weighted by Crippen LogP contribution is -2.35. The maximum absolute atomic E-state index is 8.79. The van der Waals surface area contributed by atoms with Gasteiger partial charge in [0.25, 0.3) is 0 Å². The molecule has 0 amide bonds. The van der Waals surface area contributed by atoms with E-state index in [4.69, 9.17) is 5.26 Å². The second-order valence-corrected chi connectivity index (χ2v) is 5.40. The standard InChI is InChI=1S/C14H17N5/c1-14(2,3)16-9-13-10-17-18-19(13)12-6-4-11(8-15)5-7-12/h4-7,10,16H,9H2,1-3H3. The Morgan fingerprint density at radius 3 is 2.53 bits per heavy atom. The molecule has 2 aromatic rings. The lowest BCUT2D eigenvalue weighted by Gasteiger charge is -2.20. The molecule has 1 aromatic carbocycles. The van der Waals surface area contributed by atoms with Crippen LogP contribution < -0.4 is 5.32 Å². The van der Waals surface area contributed by atoms with Crippen LogP contribution >= 0.6 is 0 Å². The number of rotatable bonds is 3. The van der Waals surface area contributed by atoms with Crippen LogP contribution in [0.25, 0.3) is 5.69 Å². The summed E-state index contributed by atoms with van der Waals surface area (Å²) in [5.41, 5.74) is 2.57. The highest BCUT2D eigenvalue weighted by Gasteiger charge is 2.12. The number of hydrogen-bond acceptors (Lipinski definition) is 4. The van der Waals surface area contributed by atoms with Crippen LogP contribution in [0.2, 0.25) is 0 Å². The minimum atomic E-state index is 0.0414. The van der Waals surface area contributed by atoms with Crippen molar-refractivity contribution in [3.63, 3.8) is 0 Å². The Kier molecular flexibility index (Phi) is 3.63. The molecule has 1 aromatic heterocycles. The minimum absolute atomic E-state index is 0.0414. The maximum Gasteiger partial charge on any atom is 0.0991 e. The molecular weight excluding hydrogens is 238 g/mol. The zero-order chi connectivity index (χ0) is 13.9. The lowest BCUT2D eigenvalue weighted by molar-refractivity contribution is 0.418. The zero-order valence-electron chi connectivity index (χ0n) is 11.4. The summed E-state index contributed by atoms with van der Waals surface area (Å²) in [5, 5.41) is 20.2. The molecular formula is C14H17N5. The summed E-state index contributed by atoms with van der Waals surface area (Å²) < 4.78 is 1.78. The van der Waals surface area contributed by atoms with Crippen molar-refractivity contribution in [2.45, 2.75) is 32.9 Å². The maximum atomic E-state index is 8.79. The van der Waals surface area contributed by atoms with E-state index in [1.807, 2.05) is 12.1 Å². The summed E-state index contributed by atoms with van der Waals surface area (Å²) in [6.07, 6.45) is 1.75. The lowest BCUT2D eigenvalue weighted by atomic mass is 10.1. The van der Waals surface area contributed by atoms with Crippen molar-refractivity contribution in [3.05, 3.63) is 41.7 Å². The van der Waals surface area contributed by atoms with E-state index in [-0.39, 0.29) is 5.54 Å². The smallest absolute Gasteiger partial charge is 0.0991 e. The molecule has 0 unspecified atom stereocenters. The molecule has 1 N–H and O–H groups in total. The van der Waals surface area contributed by atoms with Gasteiger partial charge in [0, 0.05) is 12.1 Å². The Hall–Kier alpha value is -2.19. The Morgan fingerprint density at radius 2 is 1.95 bits per heavy atom. The Bertz CT molecular complexity index is 584. The van der Waals surface area contributed by atoms with Gasteiger partial charge in [-0.05, 0) is 45.0 Å². The highest BCUT2D eigenvalue weighted by Crippen LogP contribution is 2.11. The van der Waals surface area contributed by atoms with Gasteiger partial charge in [-0.25, -0.2) is 4.68 Å². The predicted molar refractivity (Wildman–Crippen MR) is 72.7 cm³/mol. The van der Waals surface area contributed by atoms with E-state index in [1.54, 1.807) is 23.0 Å². The van der Waals surface area contributed by atoms with E-state index < -0.39 is 0 Å². The summed E-state index contributed by atoms with van der Waals surface area (Å²) >= 11 is 0. The van der Waals surface area contributed by atoms with Gasteiger partial charge in [-0.2, -0.15) is 5.26 Å². The second kappa shape index (κ2) is 5.21. The Balaban J connectivity index is 2.21. The summed E-state index contributed by atoms with van der Waals surface area (Å²) in [5.74, 6) is 0. The van der Waals surface area contributed by atoms with Gasteiger partial charge in [0.1, 0.15) is 0 Å². The van der Waals surface area contributed by atoms with Gasteiger partial charge < -0.3 is 5.32 Å². The molecule has 0 saturated carbocycles. The highest BCUT2D eigenvalue weighted by atomic mass is 15.4. The first-order chi connectivity index (χ1) is 8.99. The summed E-state index contributed by atoms with van der Waals surface area (Å²) in [4.78, 5) is 0. The van der Waals surface area contributed by atoms with Gasteiger partial charge >= 0.3 is 0 Å². The Morgan fingerprint density at radius 1 is 1.26 bits per heavy atom. The molecule has 0 fully saturated rings. The number of aromatic nitrogens is 3. The van der Waals surface area contributed by atoms with E-state index >= 15 is 0 Å². The molecule has 98 valence electrons. The van der Waals surface area contributed by atoms with Gasteiger partial charge in [0.2, 0.25) is 0 Å². The average Bonchev–Trinajstić information content (AvgIpc) is 2.84. The van der Waals surface area contributed by atoms with Gasteiger partial charge in [0.05, 0.1) is 29.2 Å². The number of hydrogen-bond donors (Lipinski definition) is 1. The summed E-state index contributed by atoms with van der Waals surface area (Å²) in [7, 11) is 0. The zero-order valence-corrected chi connectivity index (χ0v) is 11.4. The van der Waals surface area contributed by atoms with E-state index in [2.05, 4.69) is 42.5 Å². The number of nitriles is 1. The number of nitrogens with one attached hydrogen (secondary N) is 1. The van der Waals surface area contributed by atoms with E-state index in [0.29, 0.717) is 12.1 Å². The molecule has 1 heterocycles. The Labute approximate surface area is 112 Å². The monoisotopic (exact) mass is 255 g/mol. The third-order valence-electron chi connectivity index (χ3n) is 2.66. The van der Waals surface area contributed by atoms with Gasteiger partial charge in [-0.1, -0.05) is 5.21 Å². The van der Waals surface area contributed by atoms with Crippen LogP contribution in [0.1, 0.15) is 32.0 Å². The van der Waals surface area contributed by atoms with Crippen molar-refractivity contribution in [1.29, 1.82) is 5.26 Å². The predicted octanol–water partition coefficient (Wildman–Crippen LogP) is 2.03. The average molecular weight is 255 g/mol. The third-order valence-corrected chi connectivity index (χ3v) is 2.66. The molecule has 0 spiro atoms. The molecule has 0 aliphatic heterocycles. The van der Waals surface area contributed by atoms with Crippen LogP contribution in [-0.4, -0.2) is 20.5 Å². The fourth-order valence-corrected chi connectivity index (χ4v) is 1.63. The van der Waals surface area contributed by atoms with Gasteiger partial charge in [-0.3, -0.25) is 0 Å². The molecule has 0 saturated heterocycles. The molecule has 0 radical (unpaired) electrons. The fourth-order valence-electron chi connectivity index (χ4n) is 1.63. The minimum Gasteiger partial charge on any atom is -0.306 e. The van der Waals surface area contributed by atoms with Crippen molar-refractivity contribution >= 4 is 0 Å². The quantitative estimate of drug-likeness (QED) is 0.911. The molecule has 19 heavy (non-hydrogen) atoms. The van der Waals surface area contributed by atoms with Crippen molar-refractivity contribution in [3.8, 4) is 11.8 Å². The van der Waals surface area contributed by atoms with Crippen molar-refractivity contribution in [1.82, 2.24) is 20.3 Å². The van der Waals surface area contributed by atoms with Crippen LogP contribution in [0, 0.1) is 11.3 Å². The van der Waals surface area contributed by atoms with Crippen LogP contribution in [0.3, 0.4) is 0 Å². The van der Waals surface area contributed by atoms with Crippen LogP contribution in [-0.2, 0) is 6.54 Å². The van der Waals surface area contributed by atoms with Crippen molar-refractivity contribution in [2.75, 3.05) is 0 Å². The van der Waals surface area contributed by atoms with Gasteiger partial charge in [-0.15, -0.1) is 5.10 Å². The summed E-state index contributed by atoms with van der Waals surface area (Å²) in [6, 6.07) is 9.39. The largest absolute Gasteiger partial charge is 0.306 e. The molecule has 5 heteroatoms. The SMILES string of the molecule is CC(C)(C)NCc1cnnn1-c1ccc(C#N)cc1. The van der Waals surface area contributed by atoms with E-state index in [9.17, 15) is 0 Å². The summed E-state index contributed by atoms with van der Waals surface area (Å²) in [6.45, 7) is 7.03. The fraction of sp³-hybridized carbons (Fsp3) is 0.357. The molecule has 2 rings (SSSR count). The first kappa shape index (κ1) is 13.2. The first-order valence-electron chi connectivity index (χ1n) is 6.15. The third kappa shape index (κ3) is 3.39. The van der Waals surface area contributed by atoms with Gasteiger partial charge in [0.15, 0.2) is 0 Å². The van der Waals surface area contributed by atoms with E-state index in [1.165, 1.54) is 0 Å². The molecule has 0 atom stereocenters. The number of nitrogens with zero attached hydrogens (tertiary/aromatic N) is 4. The molecule has 0 aliphatic carbocycles. The molecule has 0 bridgehead atoms.